The van der Waals surface area contributed by atoms with Crippen LogP contribution in [-0.2, 0) is 6.54 Å². The van der Waals surface area contributed by atoms with Gasteiger partial charge in [0, 0.05) is 6.54 Å². The third-order valence-electron chi connectivity index (χ3n) is 2.22. The predicted molar refractivity (Wildman–Crippen MR) is 63.9 cm³/mol. The zero-order chi connectivity index (χ0) is 12.3. The van der Waals surface area contributed by atoms with Gasteiger partial charge in [-0.05, 0) is 36.2 Å². The van der Waals surface area contributed by atoms with Crippen molar-refractivity contribution in [2.45, 2.75) is 13.5 Å². The van der Waals surface area contributed by atoms with Gasteiger partial charge in [0.05, 0.1) is 5.69 Å². The van der Waals surface area contributed by atoms with Crippen molar-refractivity contribution in [3.8, 4) is 5.75 Å². The highest BCUT2D eigenvalue weighted by Crippen LogP contribution is 2.12. The molecule has 1 aromatic carbocycles. The molecule has 0 saturated heterocycles. The molecule has 2 rings (SSSR count). The second-order valence-electron chi connectivity index (χ2n) is 3.54. The Balaban J connectivity index is 1.99. The van der Waals surface area contributed by atoms with Crippen molar-refractivity contribution in [1.29, 1.82) is 0 Å². The molecule has 2 N–H and O–H groups in total. The van der Waals surface area contributed by atoms with E-state index in [9.17, 15) is 9.90 Å². The first kappa shape index (κ1) is 11.5. The van der Waals surface area contributed by atoms with Crippen molar-refractivity contribution in [3.63, 3.8) is 0 Å². The molecule has 0 unspecified atom stereocenters. The fourth-order valence-corrected chi connectivity index (χ4v) is 1.94. The van der Waals surface area contributed by atoms with Crippen LogP contribution in [0, 0.1) is 6.92 Å². The van der Waals surface area contributed by atoms with Crippen LogP contribution in [-0.4, -0.2) is 20.6 Å². The van der Waals surface area contributed by atoms with Crippen molar-refractivity contribution in [3.05, 3.63) is 40.4 Å². The first-order chi connectivity index (χ1) is 8.16. The lowest BCUT2D eigenvalue weighted by atomic mass is 10.2. The molecule has 0 aliphatic heterocycles. The number of benzene rings is 1. The number of hydrogen-bond acceptors (Lipinski definition) is 5. The highest BCUT2D eigenvalue weighted by Gasteiger charge is 2.12. The molecule has 0 aliphatic rings. The highest BCUT2D eigenvalue weighted by molar-refractivity contribution is 7.07. The van der Waals surface area contributed by atoms with Gasteiger partial charge in [0.25, 0.3) is 5.91 Å². The number of carbonyl (C=O) groups is 1. The summed E-state index contributed by atoms with van der Waals surface area (Å²) in [5.74, 6) is -0.00627. The van der Waals surface area contributed by atoms with Gasteiger partial charge < -0.3 is 10.4 Å². The van der Waals surface area contributed by atoms with Crippen molar-refractivity contribution >= 4 is 17.4 Å². The van der Waals surface area contributed by atoms with E-state index in [0.29, 0.717) is 17.1 Å². The zero-order valence-corrected chi connectivity index (χ0v) is 9.99. The Morgan fingerprint density at radius 3 is 3.00 bits per heavy atom. The fourth-order valence-electron chi connectivity index (χ4n) is 1.37. The van der Waals surface area contributed by atoms with Crippen LogP contribution < -0.4 is 5.32 Å². The Kier molecular flexibility index (Phi) is 3.34. The van der Waals surface area contributed by atoms with Crippen LogP contribution >= 0.6 is 11.5 Å². The third-order valence-corrected chi connectivity index (χ3v) is 3.05. The lowest BCUT2D eigenvalue weighted by Crippen LogP contribution is -2.22. The van der Waals surface area contributed by atoms with E-state index in [1.54, 1.807) is 25.1 Å². The van der Waals surface area contributed by atoms with E-state index in [1.165, 1.54) is 0 Å². The predicted octanol–water partition coefficient (Wildman–Crippen LogP) is 1.48. The molecule has 0 fully saturated rings. The first-order valence-electron chi connectivity index (χ1n) is 5.02. The molecule has 1 amide bonds. The summed E-state index contributed by atoms with van der Waals surface area (Å²) in [6.07, 6.45) is 0. The van der Waals surface area contributed by atoms with Gasteiger partial charge in [0.15, 0.2) is 0 Å². The summed E-state index contributed by atoms with van der Waals surface area (Å²) < 4.78 is 3.70. The molecule has 88 valence electrons. The van der Waals surface area contributed by atoms with Gasteiger partial charge in [0.2, 0.25) is 0 Å². The summed E-state index contributed by atoms with van der Waals surface area (Å²) in [4.78, 5) is 12.3. The molecule has 6 heteroatoms. The van der Waals surface area contributed by atoms with E-state index in [1.807, 2.05) is 6.07 Å². The SMILES string of the molecule is Cc1nnsc1C(=O)NCc1cccc(O)c1. The average molecular weight is 249 g/mol. The molecule has 0 saturated carbocycles. The van der Waals surface area contributed by atoms with E-state index < -0.39 is 0 Å². The van der Waals surface area contributed by atoms with Crippen LogP contribution in [0.3, 0.4) is 0 Å². The van der Waals surface area contributed by atoms with Crippen LogP contribution in [0.4, 0.5) is 0 Å². The summed E-state index contributed by atoms with van der Waals surface area (Å²) in [7, 11) is 0. The Hall–Kier alpha value is -1.95. The molecular weight excluding hydrogens is 238 g/mol. The third kappa shape index (κ3) is 2.79. The van der Waals surface area contributed by atoms with Gasteiger partial charge in [-0.1, -0.05) is 16.6 Å². The summed E-state index contributed by atoms with van der Waals surface area (Å²) in [5, 5.41) is 15.8. The quantitative estimate of drug-likeness (QED) is 0.864. The molecule has 2 aromatic rings. The lowest BCUT2D eigenvalue weighted by Gasteiger charge is -2.04. The van der Waals surface area contributed by atoms with Crippen LogP contribution in [0.25, 0.3) is 0 Å². The van der Waals surface area contributed by atoms with E-state index in [-0.39, 0.29) is 11.7 Å². The van der Waals surface area contributed by atoms with Gasteiger partial charge in [-0.2, -0.15) is 0 Å². The van der Waals surface area contributed by atoms with E-state index in [2.05, 4.69) is 14.9 Å². The van der Waals surface area contributed by atoms with Crippen molar-refractivity contribution in [2.75, 3.05) is 0 Å². The van der Waals surface area contributed by atoms with Crippen LogP contribution in [0.2, 0.25) is 0 Å². The molecule has 0 aliphatic carbocycles. The van der Waals surface area contributed by atoms with Gasteiger partial charge in [-0.3, -0.25) is 4.79 Å². The minimum absolute atomic E-state index is 0.187. The summed E-state index contributed by atoms with van der Waals surface area (Å²) in [6, 6.07) is 6.76. The maximum atomic E-state index is 11.7. The minimum Gasteiger partial charge on any atom is -0.508 e. The second kappa shape index (κ2) is 4.92. The number of rotatable bonds is 3. The van der Waals surface area contributed by atoms with E-state index in [0.717, 1.165) is 17.1 Å². The Labute approximate surface area is 102 Å². The molecular formula is C11H11N3O2S. The fraction of sp³-hybridized carbons (Fsp3) is 0.182. The summed E-state index contributed by atoms with van der Waals surface area (Å²) in [5.41, 5.74) is 1.47. The van der Waals surface area contributed by atoms with Gasteiger partial charge in [-0.25, -0.2) is 0 Å². The smallest absolute Gasteiger partial charge is 0.265 e. The number of carbonyl (C=O) groups excluding carboxylic acids is 1. The average Bonchev–Trinajstić information content (AvgIpc) is 2.72. The Bertz CT molecular complexity index is 539. The van der Waals surface area contributed by atoms with Crippen molar-refractivity contribution in [1.82, 2.24) is 14.9 Å². The molecule has 0 bridgehead atoms. The van der Waals surface area contributed by atoms with Crippen molar-refractivity contribution in [2.24, 2.45) is 0 Å². The van der Waals surface area contributed by atoms with Crippen LogP contribution in [0.5, 0.6) is 5.75 Å². The number of nitrogens with zero attached hydrogens (tertiary/aromatic N) is 2. The molecule has 1 aromatic heterocycles. The van der Waals surface area contributed by atoms with E-state index >= 15 is 0 Å². The molecule has 0 spiro atoms. The number of phenolic OH excluding ortho intramolecular Hbond substituents is 1. The topological polar surface area (TPSA) is 75.1 Å². The molecule has 0 radical (unpaired) electrons. The Morgan fingerprint density at radius 1 is 1.53 bits per heavy atom. The van der Waals surface area contributed by atoms with Gasteiger partial charge in [0.1, 0.15) is 10.6 Å². The molecule has 17 heavy (non-hydrogen) atoms. The number of hydrogen-bond donors (Lipinski definition) is 2. The number of nitrogens with one attached hydrogen (secondary N) is 1. The van der Waals surface area contributed by atoms with Crippen LogP contribution in [0.1, 0.15) is 20.9 Å². The summed E-state index contributed by atoms with van der Waals surface area (Å²) in [6.45, 7) is 2.11. The van der Waals surface area contributed by atoms with E-state index in [4.69, 9.17) is 0 Å². The number of aromatic hydroxyl groups is 1. The largest absolute Gasteiger partial charge is 0.508 e. The second-order valence-corrected chi connectivity index (χ2v) is 4.29. The Morgan fingerprint density at radius 2 is 2.35 bits per heavy atom. The molecule has 0 atom stereocenters. The number of phenols is 1. The standard InChI is InChI=1S/C11H11N3O2S/c1-7-10(17-14-13-7)11(16)12-6-8-3-2-4-9(15)5-8/h2-5,15H,6H2,1H3,(H,12,16). The number of amides is 1. The highest BCUT2D eigenvalue weighted by atomic mass is 32.1. The molecule has 1 heterocycles. The van der Waals surface area contributed by atoms with Gasteiger partial charge in [-0.15, -0.1) is 5.10 Å². The lowest BCUT2D eigenvalue weighted by molar-refractivity contribution is 0.0954. The maximum absolute atomic E-state index is 11.7. The first-order valence-corrected chi connectivity index (χ1v) is 5.79. The zero-order valence-electron chi connectivity index (χ0n) is 9.17. The number of aromatic nitrogens is 2. The summed E-state index contributed by atoms with van der Waals surface area (Å²) >= 11 is 1.07. The number of aryl methyl sites for hydroxylation is 1. The van der Waals surface area contributed by atoms with Crippen molar-refractivity contribution < 1.29 is 9.90 Å². The maximum Gasteiger partial charge on any atom is 0.265 e. The van der Waals surface area contributed by atoms with Crippen LogP contribution in [0.15, 0.2) is 24.3 Å². The molecule has 5 nitrogen and oxygen atoms in total. The normalized spacial score (nSPS) is 10.2. The monoisotopic (exact) mass is 249 g/mol. The minimum atomic E-state index is -0.194. The van der Waals surface area contributed by atoms with Gasteiger partial charge >= 0.3 is 0 Å².